The second-order valence-electron chi connectivity index (χ2n) is 5.75. The van der Waals surface area contributed by atoms with Crippen LogP contribution in [0, 0.1) is 5.92 Å². The fourth-order valence-corrected chi connectivity index (χ4v) is 2.32. The van der Waals surface area contributed by atoms with Crippen LogP contribution in [0.5, 0.6) is 0 Å². The average Bonchev–Trinajstić information content (AvgIpc) is 2.84. The first kappa shape index (κ1) is 16.3. The number of nitrogens with zero attached hydrogens (tertiary/aromatic N) is 2. The van der Waals surface area contributed by atoms with E-state index < -0.39 is 6.04 Å². The van der Waals surface area contributed by atoms with Crippen molar-refractivity contribution in [3.8, 4) is 0 Å². The Morgan fingerprint density at radius 3 is 2.73 bits per heavy atom. The molecule has 0 saturated carbocycles. The second-order valence-corrected chi connectivity index (χ2v) is 5.75. The van der Waals surface area contributed by atoms with Crippen molar-refractivity contribution in [2.24, 2.45) is 5.92 Å². The van der Waals surface area contributed by atoms with Crippen LogP contribution < -0.4 is 5.73 Å². The molecule has 1 unspecified atom stereocenters. The Hall–Kier alpha value is -2.08. The third kappa shape index (κ3) is 3.22. The van der Waals surface area contributed by atoms with E-state index in [-0.39, 0.29) is 5.97 Å². The van der Waals surface area contributed by atoms with E-state index in [2.05, 4.69) is 4.98 Å². The molecule has 0 fully saturated rings. The SMILES string of the molecule is COCc1nc2c(N)cccc2n1C(C)C(=O)OCC(C)C. The summed E-state index contributed by atoms with van der Waals surface area (Å²) in [5.41, 5.74) is 8.04. The van der Waals surface area contributed by atoms with Crippen molar-refractivity contribution < 1.29 is 14.3 Å². The molecule has 0 aliphatic heterocycles. The Labute approximate surface area is 130 Å². The molecule has 0 aliphatic carbocycles. The Morgan fingerprint density at radius 2 is 2.09 bits per heavy atom. The van der Waals surface area contributed by atoms with Crippen LogP contribution in [0.4, 0.5) is 5.69 Å². The molecule has 0 spiro atoms. The van der Waals surface area contributed by atoms with Gasteiger partial charge in [0.1, 0.15) is 24.0 Å². The standard InChI is InChI=1S/C16H23N3O3/c1-10(2)8-22-16(20)11(3)19-13-7-5-6-12(17)15(13)18-14(19)9-21-4/h5-7,10-11H,8-9,17H2,1-4H3. The summed E-state index contributed by atoms with van der Waals surface area (Å²) in [5, 5.41) is 0. The van der Waals surface area contributed by atoms with Gasteiger partial charge in [-0.2, -0.15) is 0 Å². The normalized spacial score (nSPS) is 12.8. The number of imidazole rings is 1. The van der Waals surface area contributed by atoms with Crippen LogP contribution in [0.15, 0.2) is 18.2 Å². The number of anilines is 1. The fourth-order valence-electron chi connectivity index (χ4n) is 2.32. The van der Waals surface area contributed by atoms with Gasteiger partial charge < -0.3 is 19.8 Å². The molecule has 6 heteroatoms. The zero-order chi connectivity index (χ0) is 16.3. The Morgan fingerprint density at radius 1 is 1.36 bits per heavy atom. The topological polar surface area (TPSA) is 79.4 Å². The van der Waals surface area contributed by atoms with Crippen LogP contribution in [0.25, 0.3) is 11.0 Å². The molecule has 1 atom stereocenters. The fraction of sp³-hybridized carbons (Fsp3) is 0.500. The van der Waals surface area contributed by atoms with Crippen molar-refractivity contribution in [3.05, 3.63) is 24.0 Å². The van der Waals surface area contributed by atoms with Gasteiger partial charge in [-0.3, -0.25) is 0 Å². The van der Waals surface area contributed by atoms with Gasteiger partial charge in [-0.15, -0.1) is 0 Å². The van der Waals surface area contributed by atoms with E-state index >= 15 is 0 Å². The largest absolute Gasteiger partial charge is 0.464 e. The van der Waals surface area contributed by atoms with E-state index in [0.717, 1.165) is 5.52 Å². The van der Waals surface area contributed by atoms with E-state index in [1.54, 1.807) is 20.1 Å². The molecule has 0 radical (unpaired) electrons. The van der Waals surface area contributed by atoms with Gasteiger partial charge in [0.15, 0.2) is 0 Å². The smallest absolute Gasteiger partial charge is 0.328 e. The van der Waals surface area contributed by atoms with Gasteiger partial charge in [-0.05, 0) is 25.0 Å². The van der Waals surface area contributed by atoms with E-state index in [1.807, 2.05) is 30.5 Å². The minimum Gasteiger partial charge on any atom is -0.464 e. The van der Waals surface area contributed by atoms with E-state index in [1.165, 1.54) is 0 Å². The zero-order valence-corrected chi connectivity index (χ0v) is 13.5. The maximum atomic E-state index is 12.3. The number of nitrogens with two attached hydrogens (primary N) is 1. The molecule has 120 valence electrons. The molecule has 2 aromatic rings. The maximum absolute atomic E-state index is 12.3. The molecule has 0 amide bonds. The summed E-state index contributed by atoms with van der Waals surface area (Å²) < 4.78 is 12.4. The summed E-state index contributed by atoms with van der Waals surface area (Å²) >= 11 is 0. The van der Waals surface area contributed by atoms with Crippen molar-refractivity contribution in [2.75, 3.05) is 19.5 Å². The zero-order valence-electron chi connectivity index (χ0n) is 13.5. The minimum absolute atomic E-state index is 0.284. The van der Waals surface area contributed by atoms with Crippen molar-refractivity contribution in [2.45, 2.75) is 33.4 Å². The van der Waals surface area contributed by atoms with Crippen LogP contribution in [-0.2, 0) is 20.9 Å². The quantitative estimate of drug-likeness (QED) is 0.655. The monoisotopic (exact) mass is 305 g/mol. The number of rotatable bonds is 6. The van der Waals surface area contributed by atoms with Crippen molar-refractivity contribution >= 4 is 22.7 Å². The second kappa shape index (κ2) is 6.79. The highest BCUT2D eigenvalue weighted by atomic mass is 16.5. The average molecular weight is 305 g/mol. The number of hydrogen-bond donors (Lipinski definition) is 1. The van der Waals surface area contributed by atoms with Crippen LogP contribution in [0.3, 0.4) is 0 Å². The molecule has 2 rings (SSSR count). The summed E-state index contributed by atoms with van der Waals surface area (Å²) in [7, 11) is 1.59. The number of fused-ring (bicyclic) bond motifs is 1. The summed E-state index contributed by atoms with van der Waals surface area (Å²) in [6.45, 7) is 6.50. The van der Waals surface area contributed by atoms with Crippen LogP contribution in [-0.4, -0.2) is 29.2 Å². The van der Waals surface area contributed by atoms with Gasteiger partial charge in [-0.1, -0.05) is 19.9 Å². The minimum atomic E-state index is -0.490. The van der Waals surface area contributed by atoms with Crippen LogP contribution >= 0.6 is 0 Å². The molecule has 0 aliphatic rings. The molecule has 0 saturated heterocycles. The number of ether oxygens (including phenoxy) is 2. The predicted octanol–water partition coefficient (Wildman–Crippen LogP) is 2.53. The Bertz CT molecular complexity index is 664. The molecular weight excluding hydrogens is 282 g/mol. The van der Waals surface area contributed by atoms with Gasteiger partial charge in [0.2, 0.25) is 0 Å². The number of carbonyl (C=O) groups excluding carboxylic acids is 1. The highest BCUT2D eigenvalue weighted by Crippen LogP contribution is 2.26. The molecule has 22 heavy (non-hydrogen) atoms. The highest BCUT2D eigenvalue weighted by Gasteiger charge is 2.23. The van der Waals surface area contributed by atoms with Crippen LogP contribution in [0.2, 0.25) is 0 Å². The number of aromatic nitrogens is 2. The summed E-state index contributed by atoms with van der Waals surface area (Å²) in [4.78, 5) is 16.8. The maximum Gasteiger partial charge on any atom is 0.328 e. The van der Waals surface area contributed by atoms with Crippen LogP contribution in [0.1, 0.15) is 32.6 Å². The Kier molecular flexibility index (Phi) is 5.03. The first-order valence-corrected chi connectivity index (χ1v) is 7.36. The Balaban J connectivity index is 2.41. The lowest BCUT2D eigenvalue weighted by molar-refractivity contribution is -0.148. The third-order valence-corrected chi connectivity index (χ3v) is 3.39. The van der Waals surface area contributed by atoms with Gasteiger partial charge in [0, 0.05) is 7.11 Å². The van der Waals surface area contributed by atoms with Gasteiger partial charge in [0.25, 0.3) is 0 Å². The summed E-state index contributed by atoms with van der Waals surface area (Å²) in [6, 6.07) is 5.04. The molecule has 2 N–H and O–H groups in total. The van der Waals surface area contributed by atoms with E-state index in [9.17, 15) is 4.79 Å². The number of esters is 1. The first-order valence-electron chi connectivity index (χ1n) is 7.36. The third-order valence-electron chi connectivity index (χ3n) is 3.39. The van der Waals surface area contributed by atoms with E-state index in [4.69, 9.17) is 15.2 Å². The number of carbonyl (C=O) groups is 1. The van der Waals surface area contributed by atoms with Crippen molar-refractivity contribution in [3.63, 3.8) is 0 Å². The molecule has 1 aromatic carbocycles. The lowest BCUT2D eigenvalue weighted by Gasteiger charge is -2.17. The number of para-hydroxylation sites is 1. The lowest BCUT2D eigenvalue weighted by atomic mass is 10.2. The number of benzene rings is 1. The number of nitrogen functional groups attached to an aromatic ring is 1. The molecule has 6 nitrogen and oxygen atoms in total. The molecular formula is C16H23N3O3. The van der Waals surface area contributed by atoms with Crippen molar-refractivity contribution in [1.82, 2.24) is 9.55 Å². The summed E-state index contributed by atoms with van der Waals surface area (Å²) in [6.07, 6.45) is 0. The highest BCUT2D eigenvalue weighted by molar-refractivity contribution is 5.89. The van der Waals surface area contributed by atoms with E-state index in [0.29, 0.717) is 36.2 Å². The number of hydrogen-bond acceptors (Lipinski definition) is 5. The van der Waals surface area contributed by atoms with Gasteiger partial charge in [-0.25, -0.2) is 9.78 Å². The molecule has 1 aromatic heterocycles. The molecule has 0 bridgehead atoms. The first-order chi connectivity index (χ1) is 10.5. The van der Waals surface area contributed by atoms with Gasteiger partial charge >= 0.3 is 5.97 Å². The molecule has 1 heterocycles. The van der Waals surface area contributed by atoms with Gasteiger partial charge in [0.05, 0.1) is 17.8 Å². The lowest BCUT2D eigenvalue weighted by Crippen LogP contribution is -2.22. The summed E-state index contributed by atoms with van der Waals surface area (Å²) in [5.74, 6) is 0.668. The van der Waals surface area contributed by atoms with Crippen molar-refractivity contribution in [1.29, 1.82) is 0 Å². The predicted molar refractivity (Wildman–Crippen MR) is 85.4 cm³/mol. The number of methoxy groups -OCH3 is 1.